The Kier molecular flexibility index (Phi) is 9.07. The summed E-state index contributed by atoms with van der Waals surface area (Å²) < 4.78 is 4.74. The van der Waals surface area contributed by atoms with Crippen LogP contribution in [-0.4, -0.2) is 55.0 Å². The lowest BCUT2D eigenvalue weighted by Crippen LogP contribution is -2.51. The number of carbonyl (C=O) groups excluding carboxylic acids is 5. The van der Waals surface area contributed by atoms with Crippen LogP contribution in [0.2, 0.25) is 0 Å². The predicted molar refractivity (Wildman–Crippen MR) is 140 cm³/mol. The van der Waals surface area contributed by atoms with Crippen molar-refractivity contribution in [3.05, 3.63) is 50.7 Å². The second-order valence-corrected chi connectivity index (χ2v) is 10.6. The van der Waals surface area contributed by atoms with Crippen LogP contribution in [0.25, 0.3) is 0 Å². The lowest BCUT2D eigenvalue weighted by Gasteiger charge is -2.20. The average molecular weight is 546 g/mol. The number of benzene rings is 1. The van der Waals surface area contributed by atoms with Crippen LogP contribution in [0.4, 0.5) is 10.5 Å². The molecule has 38 heavy (non-hydrogen) atoms. The fourth-order valence-electron chi connectivity index (χ4n) is 3.55. The molecule has 5 N–H and O–H groups in total. The Bertz CT molecular complexity index is 1250. The molecule has 0 saturated heterocycles. The molecule has 0 bridgehead atoms. The minimum absolute atomic E-state index is 0.0948. The van der Waals surface area contributed by atoms with E-state index in [1.807, 2.05) is 12.1 Å². The topological polar surface area (TPSA) is 164 Å². The first-order valence-corrected chi connectivity index (χ1v) is 12.6. The van der Waals surface area contributed by atoms with E-state index in [0.29, 0.717) is 10.4 Å². The molecule has 204 valence electrons. The van der Waals surface area contributed by atoms with E-state index in [1.54, 1.807) is 39.8 Å². The van der Waals surface area contributed by atoms with Crippen molar-refractivity contribution in [2.75, 3.05) is 19.0 Å². The number of rotatable bonds is 9. The Morgan fingerprint density at radius 2 is 1.87 bits per heavy atom. The van der Waals surface area contributed by atoms with Crippen LogP contribution in [0.3, 0.4) is 0 Å². The summed E-state index contributed by atoms with van der Waals surface area (Å²) in [7, 11) is 1.16. The van der Waals surface area contributed by atoms with E-state index in [0.717, 1.165) is 35.3 Å². The van der Waals surface area contributed by atoms with Gasteiger partial charge in [0.1, 0.15) is 6.04 Å². The predicted octanol–water partition coefficient (Wildman–Crippen LogP) is 1.78. The summed E-state index contributed by atoms with van der Waals surface area (Å²) in [6, 6.07) is 5.16. The largest absolute Gasteiger partial charge is 0.467 e. The van der Waals surface area contributed by atoms with Crippen LogP contribution in [0.15, 0.2) is 24.3 Å². The summed E-state index contributed by atoms with van der Waals surface area (Å²) in [5.41, 5.74) is 4.54. The number of hydrogen-bond donors (Lipinski definition) is 5. The molecule has 5 amide bonds. The zero-order valence-electron chi connectivity index (χ0n) is 21.8. The first-order valence-electron chi connectivity index (χ1n) is 11.8. The normalized spacial score (nSPS) is 13.1. The number of carbonyl (C=O) groups is 5. The summed E-state index contributed by atoms with van der Waals surface area (Å²) in [5.74, 6) is -1.83. The van der Waals surface area contributed by atoms with Gasteiger partial charge < -0.3 is 26.0 Å². The highest BCUT2D eigenvalue weighted by Crippen LogP contribution is 2.27. The maximum absolute atomic E-state index is 12.9. The van der Waals surface area contributed by atoms with Crippen LogP contribution in [0.1, 0.15) is 56.8 Å². The van der Waals surface area contributed by atoms with Gasteiger partial charge in [-0.05, 0) is 56.5 Å². The summed E-state index contributed by atoms with van der Waals surface area (Å²) in [5, 5.41) is 10.6. The molecule has 1 aliphatic heterocycles. The molecular formula is C25H31N5O7S. The number of fused-ring (bicyclic) bond motifs is 1. The van der Waals surface area contributed by atoms with E-state index >= 15 is 0 Å². The van der Waals surface area contributed by atoms with Crippen molar-refractivity contribution in [2.45, 2.75) is 52.3 Å². The Morgan fingerprint density at radius 3 is 2.55 bits per heavy atom. The zero-order valence-corrected chi connectivity index (χ0v) is 22.6. The van der Waals surface area contributed by atoms with Gasteiger partial charge in [0, 0.05) is 12.2 Å². The van der Waals surface area contributed by atoms with Gasteiger partial charge in [0.2, 0.25) is 5.91 Å². The SMILES string of the molecule is COC(=O)C(CNC(=O)NOC(C)(C)C)NC(=O)c1sc(C(=O)NCc2cccc3c2CC(=O)N3)cc1C. The van der Waals surface area contributed by atoms with Crippen molar-refractivity contribution >= 4 is 46.7 Å². The second-order valence-electron chi connectivity index (χ2n) is 9.55. The maximum atomic E-state index is 12.9. The minimum Gasteiger partial charge on any atom is -0.467 e. The van der Waals surface area contributed by atoms with Crippen molar-refractivity contribution in [1.29, 1.82) is 0 Å². The number of methoxy groups -OCH3 is 1. The smallest absolute Gasteiger partial charge is 0.338 e. The molecule has 1 unspecified atom stereocenters. The number of esters is 1. The van der Waals surface area contributed by atoms with E-state index in [-0.39, 0.29) is 36.2 Å². The maximum Gasteiger partial charge on any atom is 0.338 e. The third kappa shape index (κ3) is 7.52. The fourth-order valence-corrected chi connectivity index (χ4v) is 4.54. The summed E-state index contributed by atoms with van der Waals surface area (Å²) in [6.07, 6.45) is 0.255. The summed E-state index contributed by atoms with van der Waals surface area (Å²) >= 11 is 0.971. The molecule has 0 spiro atoms. The first-order chi connectivity index (χ1) is 17.9. The van der Waals surface area contributed by atoms with Crippen LogP contribution in [-0.2, 0) is 32.1 Å². The number of nitrogens with one attached hydrogen (secondary N) is 5. The highest BCUT2D eigenvalue weighted by molar-refractivity contribution is 7.16. The minimum atomic E-state index is -1.18. The Morgan fingerprint density at radius 1 is 1.13 bits per heavy atom. The number of urea groups is 1. The van der Waals surface area contributed by atoms with E-state index in [2.05, 4.69) is 26.7 Å². The lowest BCUT2D eigenvalue weighted by molar-refractivity contribution is -0.142. The van der Waals surface area contributed by atoms with Gasteiger partial charge in [-0.2, -0.15) is 0 Å². The van der Waals surface area contributed by atoms with Crippen LogP contribution < -0.4 is 26.7 Å². The Labute approximate surface area is 223 Å². The molecule has 1 aromatic carbocycles. The molecule has 2 aromatic rings. The lowest BCUT2D eigenvalue weighted by atomic mass is 10.0. The molecule has 0 aliphatic carbocycles. The van der Waals surface area contributed by atoms with Gasteiger partial charge in [-0.15, -0.1) is 11.3 Å². The van der Waals surface area contributed by atoms with Crippen molar-refractivity contribution < 1.29 is 33.5 Å². The fraction of sp³-hybridized carbons (Fsp3) is 0.400. The standard InChI is InChI=1S/C25H31N5O7S/c1-13-9-18(21(32)26-11-14-7-6-8-16-15(14)10-19(31)28-16)38-20(13)22(33)29-17(23(34)36-5)12-27-24(35)30-37-25(2,3)4/h6-9,17H,10-12H2,1-5H3,(H,26,32)(H,28,31)(H,29,33)(H2,27,30,35). The molecule has 1 aromatic heterocycles. The number of aryl methyl sites for hydroxylation is 1. The van der Waals surface area contributed by atoms with Gasteiger partial charge in [-0.1, -0.05) is 12.1 Å². The molecule has 0 fully saturated rings. The van der Waals surface area contributed by atoms with Crippen molar-refractivity contribution in [3.63, 3.8) is 0 Å². The molecule has 0 radical (unpaired) electrons. The summed E-state index contributed by atoms with van der Waals surface area (Å²) in [4.78, 5) is 67.3. The molecule has 3 rings (SSSR count). The number of amides is 5. The van der Waals surface area contributed by atoms with Crippen molar-refractivity contribution in [1.82, 2.24) is 21.4 Å². The number of thiophene rings is 1. The molecule has 13 heteroatoms. The van der Waals surface area contributed by atoms with E-state index < -0.39 is 29.6 Å². The summed E-state index contributed by atoms with van der Waals surface area (Å²) in [6.45, 7) is 6.87. The van der Waals surface area contributed by atoms with Gasteiger partial charge in [0.25, 0.3) is 11.8 Å². The van der Waals surface area contributed by atoms with Crippen LogP contribution >= 0.6 is 11.3 Å². The average Bonchev–Trinajstić information content (AvgIpc) is 3.44. The van der Waals surface area contributed by atoms with Gasteiger partial charge in [-0.25, -0.2) is 15.1 Å². The molecular weight excluding hydrogens is 514 g/mol. The zero-order chi connectivity index (χ0) is 28.0. The monoisotopic (exact) mass is 545 g/mol. The van der Waals surface area contributed by atoms with Gasteiger partial charge in [0.15, 0.2) is 0 Å². The highest BCUT2D eigenvalue weighted by atomic mass is 32.1. The van der Waals surface area contributed by atoms with Gasteiger partial charge in [-0.3, -0.25) is 19.2 Å². The first kappa shape index (κ1) is 28.6. The molecule has 2 heterocycles. The Hall–Kier alpha value is -3.97. The quantitative estimate of drug-likeness (QED) is 0.237. The third-order valence-corrected chi connectivity index (χ3v) is 6.61. The number of hydrogen-bond acceptors (Lipinski definition) is 8. The molecule has 1 atom stereocenters. The van der Waals surface area contributed by atoms with Crippen LogP contribution in [0, 0.1) is 6.92 Å². The van der Waals surface area contributed by atoms with Crippen molar-refractivity contribution in [3.8, 4) is 0 Å². The highest BCUT2D eigenvalue weighted by Gasteiger charge is 2.26. The van der Waals surface area contributed by atoms with Gasteiger partial charge >= 0.3 is 12.0 Å². The number of ether oxygens (including phenoxy) is 1. The number of hydroxylamine groups is 1. The van der Waals surface area contributed by atoms with Crippen molar-refractivity contribution in [2.24, 2.45) is 0 Å². The van der Waals surface area contributed by atoms with Gasteiger partial charge in [0.05, 0.1) is 35.4 Å². The molecule has 0 saturated carbocycles. The Balaban J connectivity index is 1.61. The van der Waals surface area contributed by atoms with Crippen LogP contribution in [0.5, 0.6) is 0 Å². The van der Waals surface area contributed by atoms with E-state index in [1.165, 1.54) is 0 Å². The molecule has 12 nitrogen and oxygen atoms in total. The number of anilines is 1. The van der Waals surface area contributed by atoms with E-state index in [4.69, 9.17) is 9.57 Å². The second kappa shape index (κ2) is 12.0. The third-order valence-electron chi connectivity index (χ3n) is 5.38. The van der Waals surface area contributed by atoms with E-state index in [9.17, 15) is 24.0 Å². The molecule has 1 aliphatic rings.